The van der Waals surface area contributed by atoms with E-state index in [1.807, 2.05) is 42.6 Å². The smallest absolute Gasteiger partial charge is 0.223 e. The second-order valence-electron chi connectivity index (χ2n) is 8.01. The summed E-state index contributed by atoms with van der Waals surface area (Å²) in [6.07, 6.45) is 2.67. The van der Waals surface area contributed by atoms with Crippen molar-refractivity contribution in [2.75, 3.05) is 24.5 Å². The number of amides is 1. The molecule has 1 amide bonds. The van der Waals surface area contributed by atoms with Crippen LogP contribution in [0.2, 0.25) is 5.02 Å². The number of anilines is 1. The molecule has 7 heteroatoms. The lowest BCUT2D eigenvalue weighted by atomic mass is 9.96. The van der Waals surface area contributed by atoms with Crippen molar-refractivity contribution in [1.29, 1.82) is 0 Å². The predicted octanol–water partition coefficient (Wildman–Crippen LogP) is 4.41. The Morgan fingerprint density at radius 1 is 1.20 bits per heavy atom. The number of hydrogen-bond acceptors (Lipinski definition) is 4. The van der Waals surface area contributed by atoms with Crippen molar-refractivity contribution >= 4 is 29.0 Å². The SMILES string of the molecule is CCCNC(=O)C1CCN(c2cc(C)nc3c(-c4ccc(Cl)cc4)c(C)nn23)CC1. The molecule has 1 aromatic carbocycles. The van der Waals surface area contributed by atoms with Crippen LogP contribution in [-0.2, 0) is 4.79 Å². The Morgan fingerprint density at radius 2 is 1.90 bits per heavy atom. The topological polar surface area (TPSA) is 62.5 Å². The number of aryl methyl sites for hydroxylation is 2. The summed E-state index contributed by atoms with van der Waals surface area (Å²) in [5.41, 5.74) is 4.83. The summed E-state index contributed by atoms with van der Waals surface area (Å²) >= 11 is 6.07. The summed E-state index contributed by atoms with van der Waals surface area (Å²) in [5, 5.41) is 8.57. The molecule has 0 unspecified atom stereocenters. The number of rotatable bonds is 5. The fraction of sp³-hybridized carbons (Fsp3) is 0.435. The van der Waals surface area contributed by atoms with E-state index in [2.05, 4.69) is 23.2 Å². The van der Waals surface area contributed by atoms with E-state index >= 15 is 0 Å². The zero-order valence-electron chi connectivity index (χ0n) is 17.8. The Bertz CT molecular complexity index is 1050. The molecule has 0 atom stereocenters. The highest BCUT2D eigenvalue weighted by atomic mass is 35.5. The van der Waals surface area contributed by atoms with Crippen LogP contribution >= 0.6 is 11.6 Å². The first kappa shape index (κ1) is 20.7. The van der Waals surface area contributed by atoms with Crippen LogP contribution in [0.25, 0.3) is 16.8 Å². The van der Waals surface area contributed by atoms with Gasteiger partial charge in [-0.1, -0.05) is 30.7 Å². The summed E-state index contributed by atoms with van der Waals surface area (Å²) in [6.45, 7) is 8.52. The zero-order chi connectivity index (χ0) is 21.3. The molecule has 1 aliphatic rings. The number of halogens is 1. The van der Waals surface area contributed by atoms with E-state index in [0.717, 1.165) is 72.9 Å². The fourth-order valence-corrected chi connectivity index (χ4v) is 4.29. The predicted molar refractivity (Wildman–Crippen MR) is 121 cm³/mol. The molecular formula is C23H28ClN5O. The van der Waals surface area contributed by atoms with Crippen LogP contribution in [0.15, 0.2) is 30.3 Å². The van der Waals surface area contributed by atoms with E-state index in [-0.39, 0.29) is 11.8 Å². The van der Waals surface area contributed by atoms with Gasteiger partial charge in [-0.2, -0.15) is 9.61 Å². The Hall–Kier alpha value is -2.60. The van der Waals surface area contributed by atoms with E-state index in [0.29, 0.717) is 5.02 Å². The molecule has 158 valence electrons. The molecule has 0 saturated carbocycles. The summed E-state index contributed by atoms with van der Waals surface area (Å²) in [6, 6.07) is 9.89. The number of fused-ring (bicyclic) bond motifs is 1. The number of carbonyl (C=O) groups excluding carboxylic acids is 1. The van der Waals surface area contributed by atoms with Crippen molar-refractivity contribution in [1.82, 2.24) is 19.9 Å². The maximum absolute atomic E-state index is 12.3. The van der Waals surface area contributed by atoms with Crippen LogP contribution in [-0.4, -0.2) is 40.1 Å². The van der Waals surface area contributed by atoms with Crippen molar-refractivity contribution in [2.24, 2.45) is 5.92 Å². The zero-order valence-corrected chi connectivity index (χ0v) is 18.5. The van der Waals surface area contributed by atoms with Gasteiger partial charge in [0.25, 0.3) is 0 Å². The molecule has 0 spiro atoms. The number of carbonyl (C=O) groups is 1. The first-order chi connectivity index (χ1) is 14.5. The normalized spacial score (nSPS) is 15.0. The molecule has 1 fully saturated rings. The second-order valence-corrected chi connectivity index (χ2v) is 8.45. The fourth-order valence-electron chi connectivity index (χ4n) is 4.17. The lowest BCUT2D eigenvalue weighted by Gasteiger charge is -2.33. The molecule has 3 aromatic rings. The molecule has 4 rings (SSSR count). The number of piperidine rings is 1. The monoisotopic (exact) mass is 425 g/mol. The molecule has 2 aromatic heterocycles. The molecule has 0 radical (unpaired) electrons. The van der Waals surface area contributed by atoms with Crippen molar-refractivity contribution in [3.8, 4) is 11.1 Å². The van der Waals surface area contributed by atoms with Gasteiger partial charge >= 0.3 is 0 Å². The first-order valence-corrected chi connectivity index (χ1v) is 11.0. The van der Waals surface area contributed by atoms with Gasteiger partial charge in [-0.3, -0.25) is 4.79 Å². The number of benzene rings is 1. The molecule has 1 saturated heterocycles. The highest BCUT2D eigenvalue weighted by Crippen LogP contribution is 2.32. The van der Waals surface area contributed by atoms with E-state index in [9.17, 15) is 4.79 Å². The molecule has 0 aliphatic carbocycles. The van der Waals surface area contributed by atoms with Crippen molar-refractivity contribution in [3.63, 3.8) is 0 Å². The van der Waals surface area contributed by atoms with Gasteiger partial charge in [-0.15, -0.1) is 0 Å². The Morgan fingerprint density at radius 3 is 2.57 bits per heavy atom. The lowest BCUT2D eigenvalue weighted by molar-refractivity contribution is -0.125. The first-order valence-electron chi connectivity index (χ1n) is 10.6. The quantitative estimate of drug-likeness (QED) is 0.657. The van der Waals surface area contributed by atoms with Crippen molar-refractivity contribution in [2.45, 2.75) is 40.0 Å². The van der Waals surface area contributed by atoms with Gasteiger partial charge in [0.2, 0.25) is 5.91 Å². The third-order valence-corrected chi connectivity index (χ3v) is 6.00. The molecule has 30 heavy (non-hydrogen) atoms. The number of hydrogen-bond donors (Lipinski definition) is 1. The van der Waals surface area contributed by atoms with Crippen LogP contribution in [0, 0.1) is 19.8 Å². The van der Waals surface area contributed by atoms with Gasteiger partial charge < -0.3 is 10.2 Å². The van der Waals surface area contributed by atoms with Crippen molar-refractivity contribution in [3.05, 3.63) is 46.7 Å². The highest BCUT2D eigenvalue weighted by Gasteiger charge is 2.27. The number of nitrogens with one attached hydrogen (secondary N) is 1. The van der Waals surface area contributed by atoms with Gasteiger partial charge in [0.15, 0.2) is 5.65 Å². The molecule has 0 bridgehead atoms. The Kier molecular flexibility index (Phi) is 5.95. The number of aromatic nitrogens is 3. The van der Waals surface area contributed by atoms with E-state index in [4.69, 9.17) is 21.7 Å². The maximum Gasteiger partial charge on any atom is 0.223 e. The Balaban J connectivity index is 1.64. The largest absolute Gasteiger partial charge is 0.356 e. The minimum atomic E-state index is 0.0928. The summed E-state index contributed by atoms with van der Waals surface area (Å²) in [4.78, 5) is 19.5. The van der Waals surface area contributed by atoms with Crippen LogP contribution in [0.3, 0.4) is 0 Å². The molecule has 3 heterocycles. The second kappa shape index (κ2) is 8.64. The lowest BCUT2D eigenvalue weighted by Crippen LogP contribution is -2.41. The molecule has 1 aliphatic heterocycles. The summed E-state index contributed by atoms with van der Waals surface area (Å²) in [7, 11) is 0. The molecular weight excluding hydrogens is 398 g/mol. The van der Waals surface area contributed by atoms with Gasteiger partial charge in [0, 0.05) is 47.9 Å². The highest BCUT2D eigenvalue weighted by molar-refractivity contribution is 6.30. The molecule has 6 nitrogen and oxygen atoms in total. The van der Waals surface area contributed by atoms with E-state index < -0.39 is 0 Å². The van der Waals surface area contributed by atoms with Gasteiger partial charge in [0.05, 0.1) is 5.69 Å². The molecule has 1 N–H and O–H groups in total. The van der Waals surface area contributed by atoms with Gasteiger partial charge in [-0.25, -0.2) is 4.98 Å². The minimum absolute atomic E-state index is 0.0928. The standard InChI is InChI=1S/C23H28ClN5O/c1-4-11-25-23(30)18-9-12-28(13-10-18)20-14-15(2)26-22-21(16(3)27-29(20)22)17-5-7-19(24)8-6-17/h5-8,14,18H,4,9-13H2,1-3H3,(H,25,30). The summed E-state index contributed by atoms with van der Waals surface area (Å²) in [5.74, 6) is 1.32. The van der Waals surface area contributed by atoms with Gasteiger partial charge in [-0.05, 0) is 50.8 Å². The average molecular weight is 426 g/mol. The van der Waals surface area contributed by atoms with Crippen molar-refractivity contribution < 1.29 is 4.79 Å². The van der Waals surface area contributed by atoms with Crippen LogP contribution in [0.5, 0.6) is 0 Å². The minimum Gasteiger partial charge on any atom is -0.356 e. The Labute approximate surface area is 182 Å². The van der Waals surface area contributed by atoms with Gasteiger partial charge in [0.1, 0.15) is 5.82 Å². The van der Waals surface area contributed by atoms with Crippen LogP contribution in [0.1, 0.15) is 37.6 Å². The third-order valence-electron chi connectivity index (χ3n) is 5.75. The average Bonchev–Trinajstić information content (AvgIpc) is 3.07. The third kappa shape index (κ3) is 4.01. The van der Waals surface area contributed by atoms with E-state index in [1.165, 1.54) is 0 Å². The van der Waals surface area contributed by atoms with E-state index in [1.54, 1.807) is 0 Å². The maximum atomic E-state index is 12.3. The summed E-state index contributed by atoms with van der Waals surface area (Å²) < 4.78 is 1.95. The van der Waals surface area contributed by atoms with Crippen LogP contribution in [0.4, 0.5) is 5.82 Å². The van der Waals surface area contributed by atoms with Crippen LogP contribution < -0.4 is 10.2 Å². The number of nitrogens with zero attached hydrogens (tertiary/aromatic N) is 4.